The van der Waals surface area contributed by atoms with E-state index in [4.69, 9.17) is 11.6 Å². The Hall–Kier alpha value is -1.92. The molecule has 3 aromatic heterocycles. The van der Waals surface area contributed by atoms with Gasteiger partial charge in [0.2, 0.25) is 5.24 Å². The molecule has 3 rings (SSSR count). The summed E-state index contributed by atoms with van der Waals surface area (Å²) in [5.74, 6) is 0. The first kappa shape index (κ1) is 13.1. The molecule has 0 fully saturated rings. The molecule has 5 nitrogen and oxygen atoms in total. The number of rotatable bonds is 4. The SMILES string of the molecule is O=C(Cl)CC[n+]1ccc(-c2nc3ncncc3s2)cc1. The fourth-order valence-electron chi connectivity index (χ4n) is 1.78. The Kier molecular flexibility index (Phi) is 3.66. The van der Waals surface area contributed by atoms with Crippen LogP contribution in [-0.4, -0.2) is 20.2 Å². The molecule has 0 aliphatic carbocycles. The quantitative estimate of drug-likeness (QED) is 0.547. The number of nitrogens with zero attached hydrogens (tertiary/aromatic N) is 4. The second kappa shape index (κ2) is 5.60. The zero-order valence-electron chi connectivity index (χ0n) is 10.4. The normalized spacial score (nSPS) is 10.8. The second-order valence-electron chi connectivity index (χ2n) is 4.16. The molecule has 0 N–H and O–H groups in total. The Labute approximate surface area is 123 Å². The maximum Gasteiger partial charge on any atom is 0.227 e. The molecule has 100 valence electrons. The van der Waals surface area contributed by atoms with Crippen LogP contribution in [0.5, 0.6) is 0 Å². The lowest BCUT2D eigenvalue weighted by Crippen LogP contribution is -2.33. The minimum absolute atomic E-state index is 0.322. The number of aryl methyl sites for hydroxylation is 1. The van der Waals surface area contributed by atoms with Gasteiger partial charge in [-0.15, -0.1) is 11.3 Å². The van der Waals surface area contributed by atoms with Gasteiger partial charge in [0.25, 0.3) is 0 Å². The van der Waals surface area contributed by atoms with Crippen LogP contribution in [0.4, 0.5) is 0 Å². The topological polar surface area (TPSA) is 59.6 Å². The van der Waals surface area contributed by atoms with Crippen molar-refractivity contribution in [3.8, 4) is 10.6 Å². The van der Waals surface area contributed by atoms with Gasteiger partial charge in [-0.3, -0.25) is 4.79 Å². The van der Waals surface area contributed by atoms with Gasteiger partial charge >= 0.3 is 0 Å². The molecule has 0 amide bonds. The van der Waals surface area contributed by atoms with E-state index in [2.05, 4.69) is 15.0 Å². The van der Waals surface area contributed by atoms with Gasteiger partial charge in [0.15, 0.2) is 24.6 Å². The molecule has 3 heterocycles. The Morgan fingerprint density at radius 3 is 2.85 bits per heavy atom. The zero-order valence-corrected chi connectivity index (χ0v) is 11.9. The van der Waals surface area contributed by atoms with E-state index >= 15 is 0 Å². The number of hydrogen-bond donors (Lipinski definition) is 0. The third kappa shape index (κ3) is 2.81. The van der Waals surface area contributed by atoms with E-state index in [1.165, 1.54) is 6.33 Å². The van der Waals surface area contributed by atoms with Gasteiger partial charge in [0, 0.05) is 23.9 Å². The van der Waals surface area contributed by atoms with Crippen molar-refractivity contribution in [1.82, 2.24) is 15.0 Å². The first-order valence-corrected chi connectivity index (χ1v) is 7.16. The molecule has 3 aromatic rings. The molecule has 20 heavy (non-hydrogen) atoms. The van der Waals surface area contributed by atoms with E-state index in [1.54, 1.807) is 17.5 Å². The summed E-state index contributed by atoms with van der Waals surface area (Å²) >= 11 is 6.88. The number of fused-ring (bicyclic) bond motifs is 1. The van der Waals surface area contributed by atoms with Crippen LogP contribution in [0.25, 0.3) is 20.9 Å². The largest absolute Gasteiger partial charge is 0.281 e. The zero-order chi connectivity index (χ0) is 13.9. The van der Waals surface area contributed by atoms with Crippen LogP contribution in [-0.2, 0) is 11.3 Å². The Morgan fingerprint density at radius 1 is 1.35 bits per heavy atom. The molecule has 0 saturated heterocycles. The van der Waals surface area contributed by atoms with Crippen LogP contribution in [0.3, 0.4) is 0 Å². The highest BCUT2D eigenvalue weighted by Crippen LogP contribution is 2.27. The minimum atomic E-state index is -0.327. The highest BCUT2D eigenvalue weighted by Gasteiger charge is 2.09. The maximum atomic E-state index is 10.7. The molecule has 0 unspecified atom stereocenters. The first-order valence-electron chi connectivity index (χ1n) is 5.97. The van der Waals surface area contributed by atoms with Crippen LogP contribution >= 0.6 is 22.9 Å². The first-order chi connectivity index (χ1) is 9.72. The molecule has 0 atom stereocenters. The molecule has 0 aliphatic rings. The summed E-state index contributed by atoms with van der Waals surface area (Å²) in [4.78, 5) is 23.3. The van der Waals surface area contributed by atoms with Gasteiger partial charge in [-0.2, -0.15) is 0 Å². The summed E-state index contributed by atoms with van der Waals surface area (Å²) in [6, 6.07) is 3.92. The van der Waals surface area contributed by atoms with Gasteiger partial charge in [0.05, 0.1) is 11.1 Å². The van der Waals surface area contributed by atoms with Gasteiger partial charge in [-0.05, 0) is 11.6 Å². The van der Waals surface area contributed by atoms with Gasteiger partial charge in [-0.1, -0.05) is 0 Å². The number of carbonyl (C=O) groups excluding carboxylic acids is 1. The van der Waals surface area contributed by atoms with Crippen molar-refractivity contribution in [3.05, 3.63) is 37.1 Å². The van der Waals surface area contributed by atoms with Crippen LogP contribution in [0, 0.1) is 0 Å². The summed E-state index contributed by atoms with van der Waals surface area (Å²) in [5.41, 5.74) is 1.73. The number of carbonyl (C=O) groups is 1. The van der Waals surface area contributed by atoms with Gasteiger partial charge < -0.3 is 0 Å². The Balaban J connectivity index is 1.85. The van der Waals surface area contributed by atoms with Crippen molar-refractivity contribution >= 4 is 38.5 Å². The number of aromatic nitrogens is 4. The van der Waals surface area contributed by atoms with Gasteiger partial charge in [0.1, 0.15) is 11.3 Å². The molecular formula is C13H10ClN4OS+. The fourth-order valence-corrected chi connectivity index (χ4v) is 2.76. The van der Waals surface area contributed by atoms with E-state index < -0.39 is 0 Å². The molecule has 0 aliphatic heterocycles. The predicted molar refractivity (Wildman–Crippen MR) is 76.3 cm³/mol. The average Bonchev–Trinajstić information content (AvgIpc) is 2.89. The van der Waals surface area contributed by atoms with Crippen LogP contribution in [0.15, 0.2) is 37.1 Å². The number of thiazole rings is 1. The van der Waals surface area contributed by atoms with Crippen molar-refractivity contribution in [2.75, 3.05) is 0 Å². The minimum Gasteiger partial charge on any atom is -0.281 e. The third-order valence-corrected chi connectivity index (χ3v) is 3.99. The number of halogens is 1. The Morgan fingerprint density at radius 2 is 2.15 bits per heavy atom. The molecular weight excluding hydrogens is 296 g/mol. The van der Waals surface area contributed by atoms with E-state index in [9.17, 15) is 4.79 Å². The van der Waals surface area contributed by atoms with Crippen LogP contribution in [0.1, 0.15) is 6.42 Å². The highest BCUT2D eigenvalue weighted by molar-refractivity contribution is 7.21. The van der Waals surface area contributed by atoms with Crippen LogP contribution < -0.4 is 4.57 Å². The third-order valence-electron chi connectivity index (χ3n) is 2.78. The van der Waals surface area contributed by atoms with Crippen molar-refractivity contribution in [1.29, 1.82) is 0 Å². The van der Waals surface area contributed by atoms with E-state index in [0.717, 1.165) is 15.3 Å². The van der Waals surface area contributed by atoms with Crippen LogP contribution in [0.2, 0.25) is 0 Å². The van der Waals surface area contributed by atoms with Crippen molar-refractivity contribution in [2.24, 2.45) is 0 Å². The highest BCUT2D eigenvalue weighted by atomic mass is 35.5. The molecule has 0 aromatic carbocycles. The Bertz CT molecular complexity index is 723. The summed E-state index contributed by atoms with van der Waals surface area (Å²) in [5, 5.41) is 0.576. The summed E-state index contributed by atoms with van der Waals surface area (Å²) in [7, 11) is 0. The maximum absolute atomic E-state index is 10.7. The molecule has 0 saturated carbocycles. The van der Waals surface area contributed by atoms with E-state index in [1.807, 2.05) is 29.1 Å². The molecule has 0 bridgehead atoms. The van der Waals surface area contributed by atoms with Crippen molar-refractivity contribution in [2.45, 2.75) is 13.0 Å². The van der Waals surface area contributed by atoms with Crippen molar-refractivity contribution < 1.29 is 9.36 Å². The number of pyridine rings is 1. The summed E-state index contributed by atoms with van der Waals surface area (Å²) < 4.78 is 2.88. The number of hydrogen-bond acceptors (Lipinski definition) is 5. The predicted octanol–water partition coefficient (Wildman–Crippen LogP) is 2.20. The molecule has 0 spiro atoms. The second-order valence-corrected chi connectivity index (χ2v) is 5.61. The molecule has 7 heteroatoms. The van der Waals surface area contributed by atoms with Gasteiger partial charge in [-0.25, -0.2) is 19.5 Å². The lowest BCUT2D eigenvalue weighted by atomic mass is 10.3. The average molecular weight is 306 g/mol. The lowest BCUT2D eigenvalue weighted by molar-refractivity contribution is -0.695. The van der Waals surface area contributed by atoms with E-state index in [0.29, 0.717) is 18.6 Å². The summed E-state index contributed by atoms with van der Waals surface area (Å²) in [6.45, 7) is 0.577. The monoisotopic (exact) mass is 305 g/mol. The van der Waals surface area contributed by atoms with Crippen molar-refractivity contribution in [3.63, 3.8) is 0 Å². The smallest absolute Gasteiger partial charge is 0.227 e. The fraction of sp³-hybridized carbons (Fsp3) is 0.154. The standard InChI is InChI=1S/C13H10ClN4OS/c14-11(19)3-6-18-4-1-9(2-5-18)13-17-12-10(20-13)7-15-8-16-12/h1-2,4-5,7-8H,3,6H2/q+1. The molecule has 0 radical (unpaired) electrons. The lowest BCUT2D eigenvalue weighted by Gasteiger charge is -1.96. The summed E-state index contributed by atoms with van der Waals surface area (Å²) in [6.07, 6.45) is 7.40. The van der Waals surface area contributed by atoms with E-state index in [-0.39, 0.29) is 5.24 Å².